The summed E-state index contributed by atoms with van der Waals surface area (Å²) in [5.41, 5.74) is 1.41. The van der Waals surface area contributed by atoms with Crippen LogP contribution >= 0.6 is 22.9 Å². The van der Waals surface area contributed by atoms with E-state index in [0.29, 0.717) is 51.4 Å². The van der Waals surface area contributed by atoms with E-state index >= 15 is 0 Å². The van der Waals surface area contributed by atoms with Crippen LogP contribution in [-0.4, -0.2) is 52.7 Å². The molecule has 2 aromatic rings. The van der Waals surface area contributed by atoms with E-state index < -0.39 is 5.79 Å². The fourth-order valence-electron chi connectivity index (χ4n) is 3.41. The Balaban J connectivity index is 1.52. The Morgan fingerprint density at radius 2 is 2.04 bits per heavy atom. The average molecular weight is 382 g/mol. The van der Waals surface area contributed by atoms with Gasteiger partial charge >= 0.3 is 0 Å². The minimum Gasteiger partial charge on any atom is -0.347 e. The number of aryl methyl sites for hydroxylation is 1. The second-order valence-corrected chi connectivity index (χ2v) is 7.95. The molecule has 2 fully saturated rings. The number of amides is 1. The Morgan fingerprint density at radius 1 is 1.32 bits per heavy atom. The molecule has 0 atom stereocenters. The summed E-state index contributed by atoms with van der Waals surface area (Å²) in [5.74, 6) is -0.512. The first-order valence-corrected chi connectivity index (χ1v) is 9.70. The Kier molecular flexibility index (Phi) is 4.58. The Morgan fingerprint density at radius 3 is 2.64 bits per heavy atom. The van der Waals surface area contributed by atoms with Gasteiger partial charge in [0.2, 0.25) is 0 Å². The summed E-state index contributed by atoms with van der Waals surface area (Å²) in [4.78, 5) is 15.7. The van der Waals surface area contributed by atoms with Gasteiger partial charge in [0.15, 0.2) is 11.5 Å². The molecule has 8 heteroatoms. The maximum Gasteiger partial charge on any atom is 0.274 e. The van der Waals surface area contributed by atoms with Gasteiger partial charge in [-0.2, -0.15) is 5.10 Å². The van der Waals surface area contributed by atoms with Crippen molar-refractivity contribution in [2.75, 3.05) is 26.3 Å². The van der Waals surface area contributed by atoms with Crippen LogP contribution < -0.4 is 0 Å². The van der Waals surface area contributed by atoms with Gasteiger partial charge in [-0.3, -0.25) is 9.48 Å². The Bertz CT molecular complexity index is 772. The number of halogens is 1. The molecule has 0 saturated carbocycles. The third kappa shape index (κ3) is 3.21. The molecule has 25 heavy (non-hydrogen) atoms. The smallest absolute Gasteiger partial charge is 0.274 e. The number of piperidine rings is 1. The summed E-state index contributed by atoms with van der Waals surface area (Å²) in [6.45, 7) is 5.24. The molecule has 1 spiro atoms. The molecule has 2 aliphatic heterocycles. The fourth-order valence-corrected chi connectivity index (χ4v) is 4.47. The number of ether oxygens (including phenoxy) is 2. The van der Waals surface area contributed by atoms with Gasteiger partial charge in [-0.1, -0.05) is 11.6 Å². The van der Waals surface area contributed by atoms with Gasteiger partial charge in [0.25, 0.3) is 5.91 Å². The van der Waals surface area contributed by atoms with Gasteiger partial charge in [0.05, 0.1) is 28.1 Å². The lowest BCUT2D eigenvalue weighted by atomic mass is 10.0. The summed E-state index contributed by atoms with van der Waals surface area (Å²) in [7, 11) is 0. The molecule has 0 radical (unpaired) electrons. The van der Waals surface area contributed by atoms with Crippen LogP contribution in [0.2, 0.25) is 4.34 Å². The van der Waals surface area contributed by atoms with Crippen LogP contribution in [0.25, 0.3) is 10.6 Å². The van der Waals surface area contributed by atoms with Crippen LogP contribution in [0.3, 0.4) is 0 Å². The van der Waals surface area contributed by atoms with E-state index in [1.165, 1.54) is 11.3 Å². The van der Waals surface area contributed by atoms with Crippen molar-refractivity contribution >= 4 is 28.8 Å². The molecule has 2 saturated heterocycles. The standard InChI is InChI=1S/C17H20ClN3O3S/c1-2-21-13(14-3-4-15(18)25-14)11-12(19-21)16(22)20-7-5-17(6-8-20)23-9-10-24-17/h3-4,11H,2,5-10H2,1H3. The molecular weight excluding hydrogens is 362 g/mol. The molecule has 4 rings (SSSR count). The van der Waals surface area contributed by atoms with Gasteiger partial charge in [-0.05, 0) is 25.1 Å². The normalized spacial score (nSPS) is 19.7. The second kappa shape index (κ2) is 6.72. The molecule has 134 valence electrons. The lowest BCUT2D eigenvalue weighted by Gasteiger charge is -2.37. The molecule has 0 unspecified atom stereocenters. The van der Waals surface area contributed by atoms with Crippen LogP contribution in [0, 0.1) is 0 Å². The molecule has 2 aromatic heterocycles. The highest BCUT2D eigenvalue weighted by Crippen LogP contribution is 2.33. The monoisotopic (exact) mass is 381 g/mol. The van der Waals surface area contributed by atoms with Gasteiger partial charge < -0.3 is 14.4 Å². The number of rotatable bonds is 3. The lowest BCUT2D eigenvalue weighted by molar-refractivity contribution is -0.181. The second-order valence-electron chi connectivity index (χ2n) is 6.23. The minimum absolute atomic E-state index is 0.0380. The van der Waals surface area contributed by atoms with E-state index in [1.807, 2.05) is 34.7 Å². The lowest BCUT2D eigenvalue weighted by Crippen LogP contribution is -2.47. The van der Waals surface area contributed by atoms with E-state index in [-0.39, 0.29) is 5.91 Å². The maximum atomic E-state index is 12.9. The van der Waals surface area contributed by atoms with Gasteiger partial charge in [-0.15, -0.1) is 11.3 Å². The van der Waals surface area contributed by atoms with Crippen molar-refractivity contribution in [3.05, 3.63) is 28.2 Å². The third-order valence-electron chi connectivity index (χ3n) is 4.75. The fraction of sp³-hybridized carbons (Fsp3) is 0.529. The molecule has 6 nitrogen and oxygen atoms in total. The van der Waals surface area contributed by atoms with Gasteiger partial charge in [0.1, 0.15) is 0 Å². The Labute approximate surface area is 155 Å². The van der Waals surface area contributed by atoms with Crippen LogP contribution in [-0.2, 0) is 16.0 Å². The van der Waals surface area contributed by atoms with Crippen molar-refractivity contribution in [1.29, 1.82) is 0 Å². The summed E-state index contributed by atoms with van der Waals surface area (Å²) in [6.07, 6.45) is 1.42. The molecule has 1 amide bonds. The number of carbonyl (C=O) groups is 1. The maximum absolute atomic E-state index is 12.9. The van der Waals surface area contributed by atoms with Crippen LogP contribution in [0.1, 0.15) is 30.3 Å². The molecule has 0 bridgehead atoms. The van der Waals surface area contributed by atoms with Gasteiger partial charge in [0, 0.05) is 32.5 Å². The van der Waals surface area contributed by atoms with E-state index in [0.717, 1.165) is 14.9 Å². The first-order valence-electron chi connectivity index (χ1n) is 8.51. The number of likely N-dealkylation sites (tertiary alicyclic amines) is 1. The van der Waals surface area contributed by atoms with Crippen molar-refractivity contribution in [3.8, 4) is 10.6 Å². The number of nitrogens with zero attached hydrogens (tertiary/aromatic N) is 3. The zero-order valence-corrected chi connectivity index (χ0v) is 15.6. The minimum atomic E-state index is -0.474. The van der Waals surface area contributed by atoms with Crippen molar-refractivity contribution < 1.29 is 14.3 Å². The highest BCUT2D eigenvalue weighted by molar-refractivity contribution is 7.19. The van der Waals surface area contributed by atoms with Crippen LogP contribution in [0.4, 0.5) is 0 Å². The summed E-state index contributed by atoms with van der Waals surface area (Å²) >= 11 is 7.54. The highest BCUT2D eigenvalue weighted by Gasteiger charge is 2.41. The van der Waals surface area contributed by atoms with Gasteiger partial charge in [-0.25, -0.2) is 0 Å². The van der Waals surface area contributed by atoms with Crippen molar-refractivity contribution in [3.63, 3.8) is 0 Å². The number of hydrogen-bond donors (Lipinski definition) is 0. The van der Waals surface area contributed by atoms with Crippen LogP contribution in [0.15, 0.2) is 18.2 Å². The van der Waals surface area contributed by atoms with Crippen LogP contribution in [0.5, 0.6) is 0 Å². The van der Waals surface area contributed by atoms with Crippen molar-refractivity contribution in [1.82, 2.24) is 14.7 Å². The topological polar surface area (TPSA) is 56.6 Å². The highest BCUT2D eigenvalue weighted by atomic mass is 35.5. The summed E-state index contributed by atoms with van der Waals surface area (Å²) in [6, 6.07) is 5.69. The zero-order chi connectivity index (χ0) is 17.4. The predicted molar refractivity (Wildman–Crippen MR) is 96.0 cm³/mol. The SMILES string of the molecule is CCn1nc(C(=O)N2CCC3(CC2)OCCO3)cc1-c1ccc(Cl)s1. The molecule has 0 N–H and O–H groups in total. The van der Waals surface area contributed by atoms with Crippen molar-refractivity contribution in [2.45, 2.75) is 32.1 Å². The summed E-state index contributed by atoms with van der Waals surface area (Å²) < 4.78 is 14.0. The molecule has 2 aliphatic rings. The van der Waals surface area contributed by atoms with E-state index in [2.05, 4.69) is 5.10 Å². The van der Waals surface area contributed by atoms with E-state index in [1.54, 1.807) is 0 Å². The van der Waals surface area contributed by atoms with E-state index in [4.69, 9.17) is 21.1 Å². The average Bonchev–Trinajstić information content (AvgIpc) is 3.34. The number of hydrogen-bond acceptors (Lipinski definition) is 5. The number of carbonyl (C=O) groups excluding carboxylic acids is 1. The molecular formula is C17H20ClN3O3S. The zero-order valence-electron chi connectivity index (χ0n) is 14.0. The predicted octanol–water partition coefficient (Wildman–Crippen LogP) is 3.26. The summed E-state index contributed by atoms with van der Waals surface area (Å²) in [5, 5.41) is 4.51. The number of aromatic nitrogens is 2. The Hall–Kier alpha value is -1.41. The third-order valence-corrected chi connectivity index (χ3v) is 6.00. The largest absolute Gasteiger partial charge is 0.347 e. The molecule has 4 heterocycles. The van der Waals surface area contributed by atoms with E-state index in [9.17, 15) is 4.79 Å². The molecule has 0 aliphatic carbocycles. The number of thiophene rings is 1. The first-order chi connectivity index (χ1) is 12.1. The molecule has 0 aromatic carbocycles. The first kappa shape index (κ1) is 17.0. The quantitative estimate of drug-likeness (QED) is 0.818. The van der Waals surface area contributed by atoms with Crippen molar-refractivity contribution in [2.24, 2.45) is 0 Å².